The fourth-order valence-corrected chi connectivity index (χ4v) is 1.66. The van der Waals surface area contributed by atoms with Gasteiger partial charge in [0.1, 0.15) is 5.69 Å². The summed E-state index contributed by atoms with van der Waals surface area (Å²) in [6, 6.07) is 7.09. The van der Waals surface area contributed by atoms with Crippen LogP contribution in [0.3, 0.4) is 0 Å². The Balaban J connectivity index is 1.87. The molecule has 0 atom stereocenters. The summed E-state index contributed by atoms with van der Waals surface area (Å²) < 4.78 is 0. The topological polar surface area (TPSA) is 75.1 Å². The summed E-state index contributed by atoms with van der Waals surface area (Å²) in [7, 11) is 0. The second kappa shape index (κ2) is 6.61. The summed E-state index contributed by atoms with van der Waals surface area (Å²) in [6.45, 7) is 0.438. The van der Waals surface area contributed by atoms with Crippen LogP contribution in [0.2, 0.25) is 0 Å². The average Bonchev–Trinajstić information content (AvgIpc) is 2.48. The first kappa shape index (κ1) is 13.2. The number of rotatable bonds is 5. The lowest BCUT2D eigenvalue weighted by molar-refractivity contribution is 0.0949. The summed E-state index contributed by atoms with van der Waals surface area (Å²) >= 11 is 0. The van der Waals surface area contributed by atoms with Gasteiger partial charge in [-0.15, -0.1) is 0 Å². The van der Waals surface area contributed by atoms with Crippen LogP contribution < -0.4 is 5.32 Å². The van der Waals surface area contributed by atoms with Crippen molar-refractivity contribution >= 4 is 5.91 Å². The third kappa shape index (κ3) is 3.86. The Labute approximate surface area is 111 Å². The Bertz CT molecular complexity index is 543. The minimum Gasteiger partial charge on any atom is -0.392 e. The molecule has 0 spiro atoms. The van der Waals surface area contributed by atoms with E-state index in [1.165, 1.54) is 6.20 Å². The first-order valence-electron chi connectivity index (χ1n) is 6.02. The molecule has 0 saturated carbocycles. The fraction of sp³-hybridized carbons (Fsp3) is 0.214. The SMILES string of the molecule is O=C(NCCc1ccncc1)c1cc(CO)ccn1. The number of aliphatic hydroxyl groups is 1. The van der Waals surface area contributed by atoms with E-state index in [0.717, 1.165) is 12.0 Å². The van der Waals surface area contributed by atoms with Gasteiger partial charge in [0.25, 0.3) is 5.91 Å². The quantitative estimate of drug-likeness (QED) is 0.836. The minimum atomic E-state index is -0.232. The smallest absolute Gasteiger partial charge is 0.269 e. The Morgan fingerprint density at radius 1 is 1.16 bits per heavy atom. The molecule has 0 bridgehead atoms. The van der Waals surface area contributed by atoms with Crippen LogP contribution in [-0.4, -0.2) is 27.5 Å². The van der Waals surface area contributed by atoms with Crippen LogP contribution in [-0.2, 0) is 13.0 Å². The number of carbonyl (C=O) groups excluding carboxylic acids is 1. The molecule has 2 N–H and O–H groups in total. The summed E-state index contributed by atoms with van der Waals surface area (Å²) in [4.78, 5) is 19.7. The lowest BCUT2D eigenvalue weighted by atomic mass is 10.2. The minimum absolute atomic E-state index is 0.0974. The molecule has 2 aromatic heterocycles. The van der Waals surface area contributed by atoms with Crippen LogP contribution >= 0.6 is 0 Å². The Kier molecular flexibility index (Phi) is 4.58. The van der Waals surface area contributed by atoms with Crippen molar-refractivity contribution in [3.63, 3.8) is 0 Å². The predicted octanol–water partition coefficient (Wildman–Crippen LogP) is 0.941. The maximum atomic E-state index is 11.8. The normalized spacial score (nSPS) is 10.2. The van der Waals surface area contributed by atoms with Crippen molar-refractivity contribution in [3.8, 4) is 0 Å². The van der Waals surface area contributed by atoms with Crippen molar-refractivity contribution in [1.82, 2.24) is 15.3 Å². The molecule has 0 fully saturated rings. The lowest BCUT2D eigenvalue weighted by Crippen LogP contribution is -2.26. The molecule has 0 unspecified atom stereocenters. The van der Waals surface area contributed by atoms with E-state index >= 15 is 0 Å². The fourth-order valence-electron chi connectivity index (χ4n) is 1.66. The summed E-state index contributed by atoms with van der Waals surface area (Å²) in [6.07, 6.45) is 5.71. The molecule has 0 saturated heterocycles. The van der Waals surface area contributed by atoms with Gasteiger partial charge in [-0.05, 0) is 41.8 Å². The number of aromatic nitrogens is 2. The second-order valence-corrected chi connectivity index (χ2v) is 4.07. The number of nitrogens with zero attached hydrogens (tertiary/aromatic N) is 2. The highest BCUT2D eigenvalue weighted by atomic mass is 16.3. The molecular weight excluding hydrogens is 242 g/mol. The molecule has 0 aliphatic carbocycles. The van der Waals surface area contributed by atoms with Crippen LogP contribution in [0.25, 0.3) is 0 Å². The van der Waals surface area contributed by atoms with E-state index in [2.05, 4.69) is 15.3 Å². The molecule has 0 aliphatic heterocycles. The Morgan fingerprint density at radius 2 is 1.89 bits per heavy atom. The zero-order valence-electron chi connectivity index (χ0n) is 10.4. The molecule has 0 radical (unpaired) electrons. The molecular formula is C14H15N3O2. The van der Waals surface area contributed by atoms with Crippen molar-refractivity contribution in [2.75, 3.05) is 6.54 Å². The number of aliphatic hydroxyl groups excluding tert-OH is 1. The Hall–Kier alpha value is -2.27. The van der Waals surface area contributed by atoms with Gasteiger partial charge in [-0.25, -0.2) is 0 Å². The highest BCUT2D eigenvalue weighted by molar-refractivity contribution is 5.92. The zero-order valence-corrected chi connectivity index (χ0v) is 10.4. The standard InChI is InChI=1S/C14H15N3O2/c18-10-12-4-7-16-13(9-12)14(19)17-8-3-11-1-5-15-6-2-11/h1-2,4-7,9,18H,3,8,10H2,(H,17,19). The van der Waals surface area contributed by atoms with Crippen LogP contribution in [0.4, 0.5) is 0 Å². The third-order valence-corrected chi connectivity index (χ3v) is 2.69. The highest BCUT2D eigenvalue weighted by Gasteiger charge is 2.06. The van der Waals surface area contributed by atoms with Crippen molar-refractivity contribution < 1.29 is 9.90 Å². The van der Waals surface area contributed by atoms with Crippen LogP contribution in [0.1, 0.15) is 21.6 Å². The van der Waals surface area contributed by atoms with Gasteiger partial charge in [0.05, 0.1) is 6.61 Å². The van der Waals surface area contributed by atoms with Gasteiger partial charge >= 0.3 is 0 Å². The van der Waals surface area contributed by atoms with E-state index in [1.54, 1.807) is 24.5 Å². The average molecular weight is 257 g/mol. The van der Waals surface area contributed by atoms with Crippen molar-refractivity contribution in [1.29, 1.82) is 0 Å². The van der Waals surface area contributed by atoms with E-state index in [0.29, 0.717) is 17.8 Å². The summed E-state index contributed by atoms with van der Waals surface area (Å²) in [5.41, 5.74) is 2.11. The van der Waals surface area contributed by atoms with Gasteiger partial charge < -0.3 is 10.4 Å². The number of hydrogen-bond donors (Lipinski definition) is 2. The number of nitrogens with one attached hydrogen (secondary N) is 1. The van der Waals surface area contributed by atoms with E-state index in [1.807, 2.05) is 12.1 Å². The van der Waals surface area contributed by atoms with E-state index in [4.69, 9.17) is 5.11 Å². The number of amides is 1. The summed E-state index contributed by atoms with van der Waals surface area (Å²) in [5, 5.41) is 11.8. The maximum absolute atomic E-state index is 11.8. The zero-order chi connectivity index (χ0) is 13.5. The molecule has 5 nitrogen and oxygen atoms in total. The van der Waals surface area contributed by atoms with Crippen LogP contribution in [0, 0.1) is 0 Å². The van der Waals surface area contributed by atoms with Gasteiger partial charge in [-0.2, -0.15) is 0 Å². The monoisotopic (exact) mass is 257 g/mol. The van der Waals surface area contributed by atoms with Gasteiger partial charge in [0, 0.05) is 25.1 Å². The molecule has 2 heterocycles. The molecule has 5 heteroatoms. The predicted molar refractivity (Wildman–Crippen MR) is 70.4 cm³/mol. The Morgan fingerprint density at radius 3 is 2.63 bits per heavy atom. The maximum Gasteiger partial charge on any atom is 0.269 e. The van der Waals surface area contributed by atoms with Gasteiger partial charge in [0.2, 0.25) is 0 Å². The van der Waals surface area contributed by atoms with Crippen molar-refractivity contribution in [2.45, 2.75) is 13.0 Å². The van der Waals surface area contributed by atoms with Crippen molar-refractivity contribution in [3.05, 3.63) is 59.7 Å². The largest absolute Gasteiger partial charge is 0.392 e. The third-order valence-electron chi connectivity index (χ3n) is 2.69. The number of carbonyl (C=O) groups is 1. The molecule has 0 aromatic carbocycles. The molecule has 98 valence electrons. The molecule has 2 rings (SSSR count). The van der Waals surface area contributed by atoms with E-state index < -0.39 is 0 Å². The first-order chi connectivity index (χ1) is 9.29. The van der Waals surface area contributed by atoms with E-state index in [-0.39, 0.29) is 12.5 Å². The molecule has 19 heavy (non-hydrogen) atoms. The van der Waals surface area contributed by atoms with Gasteiger partial charge in [0.15, 0.2) is 0 Å². The lowest BCUT2D eigenvalue weighted by Gasteiger charge is -2.05. The first-order valence-corrected chi connectivity index (χ1v) is 6.02. The summed E-state index contributed by atoms with van der Waals surface area (Å²) in [5.74, 6) is -0.232. The number of hydrogen-bond acceptors (Lipinski definition) is 4. The van der Waals surface area contributed by atoms with Crippen LogP contribution in [0.5, 0.6) is 0 Å². The number of pyridine rings is 2. The van der Waals surface area contributed by atoms with E-state index in [9.17, 15) is 4.79 Å². The highest BCUT2D eigenvalue weighted by Crippen LogP contribution is 2.02. The molecule has 2 aromatic rings. The van der Waals surface area contributed by atoms with Crippen LogP contribution in [0.15, 0.2) is 42.9 Å². The van der Waals surface area contributed by atoms with Gasteiger partial charge in [-0.1, -0.05) is 0 Å². The van der Waals surface area contributed by atoms with Gasteiger partial charge in [-0.3, -0.25) is 14.8 Å². The van der Waals surface area contributed by atoms with Crippen molar-refractivity contribution in [2.24, 2.45) is 0 Å². The second-order valence-electron chi connectivity index (χ2n) is 4.07. The molecule has 0 aliphatic rings. The molecule has 1 amide bonds.